The van der Waals surface area contributed by atoms with Crippen LogP contribution in [0.4, 0.5) is 5.82 Å². The first-order valence-electron chi connectivity index (χ1n) is 9.14. The van der Waals surface area contributed by atoms with Crippen LogP contribution in [-0.4, -0.2) is 27.1 Å². The maximum absolute atomic E-state index is 13.5. The molecule has 4 rings (SSSR count). The second-order valence-corrected chi connectivity index (χ2v) is 7.01. The third-order valence-corrected chi connectivity index (χ3v) is 5.27. The van der Waals surface area contributed by atoms with Crippen LogP contribution in [0.1, 0.15) is 43.2 Å². The molecule has 1 aliphatic heterocycles. The summed E-state index contributed by atoms with van der Waals surface area (Å²) in [7, 11) is 0. The lowest BCUT2D eigenvalue weighted by molar-refractivity contribution is -0.114. The van der Waals surface area contributed by atoms with Gasteiger partial charge in [-0.05, 0) is 54.7 Å². The molecule has 1 saturated carbocycles. The van der Waals surface area contributed by atoms with Crippen molar-refractivity contribution in [3.63, 3.8) is 0 Å². The lowest BCUT2D eigenvalue weighted by Crippen LogP contribution is -2.43. The molecule has 0 atom stereocenters. The van der Waals surface area contributed by atoms with Crippen molar-refractivity contribution in [2.24, 2.45) is 0 Å². The summed E-state index contributed by atoms with van der Waals surface area (Å²) in [4.78, 5) is 19.8. The van der Waals surface area contributed by atoms with Gasteiger partial charge in [0.15, 0.2) is 11.5 Å². The van der Waals surface area contributed by atoms with Crippen LogP contribution in [0.3, 0.4) is 0 Å². The molecule has 1 aromatic heterocycles. The first-order valence-corrected chi connectivity index (χ1v) is 9.14. The SMILES string of the molecule is O=C1/C(c2ccc(O)c(O)c2)=C\Cc2ccnc(c2)N1C1CCCCC1. The summed E-state index contributed by atoms with van der Waals surface area (Å²) >= 11 is 0. The summed E-state index contributed by atoms with van der Waals surface area (Å²) in [5.74, 6) is 0.196. The van der Waals surface area contributed by atoms with Crippen LogP contribution in [-0.2, 0) is 11.2 Å². The van der Waals surface area contributed by atoms with Crippen LogP contribution in [0.2, 0.25) is 0 Å². The zero-order valence-corrected chi connectivity index (χ0v) is 14.6. The number of anilines is 1. The minimum Gasteiger partial charge on any atom is -0.504 e. The molecular formula is C21H22N2O3. The average Bonchev–Trinajstić information content (AvgIpc) is 2.65. The fourth-order valence-corrected chi connectivity index (χ4v) is 3.88. The molecule has 0 unspecified atom stereocenters. The van der Waals surface area contributed by atoms with Crippen LogP contribution in [0.15, 0.2) is 42.6 Å². The number of pyridine rings is 1. The summed E-state index contributed by atoms with van der Waals surface area (Å²) in [6.07, 6.45) is 9.69. The molecule has 2 aromatic rings. The first kappa shape index (κ1) is 16.6. The van der Waals surface area contributed by atoms with E-state index in [1.807, 2.05) is 23.1 Å². The fraction of sp³-hybridized carbons (Fsp3) is 0.333. The number of aromatic nitrogens is 1. The van der Waals surface area contributed by atoms with Crippen molar-refractivity contribution in [1.82, 2.24) is 4.98 Å². The van der Waals surface area contributed by atoms with E-state index in [4.69, 9.17) is 0 Å². The van der Waals surface area contributed by atoms with Crippen LogP contribution in [0.5, 0.6) is 11.5 Å². The molecule has 26 heavy (non-hydrogen) atoms. The summed E-state index contributed by atoms with van der Waals surface area (Å²) in [5.41, 5.74) is 2.25. The van der Waals surface area contributed by atoms with Gasteiger partial charge in [0.2, 0.25) is 0 Å². The van der Waals surface area contributed by atoms with Gasteiger partial charge in [0.05, 0.1) is 0 Å². The molecule has 2 aliphatic rings. The number of benzene rings is 1. The monoisotopic (exact) mass is 350 g/mol. The van der Waals surface area contributed by atoms with Crippen molar-refractivity contribution >= 4 is 17.3 Å². The molecule has 1 aromatic carbocycles. The Hall–Kier alpha value is -2.82. The van der Waals surface area contributed by atoms with E-state index in [0.717, 1.165) is 31.2 Å². The van der Waals surface area contributed by atoms with Gasteiger partial charge in [-0.15, -0.1) is 0 Å². The Morgan fingerprint density at radius 3 is 2.58 bits per heavy atom. The van der Waals surface area contributed by atoms with Crippen molar-refractivity contribution in [3.8, 4) is 11.5 Å². The Bertz CT molecular complexity index is 869. The predicted molar refractivity (Wildman–Crippen MR) is 100 cm³/mol. The largest absolute Gasteiger partial charge is 0.504 e. The molecule has 0 radical (unpaired) electrons. The number of aromatic hydroxyl groups is 2. The number of phenolic OH excluding ortho intramolecular Hbond substituents is 2. The van der Waals surface area contributed by atoms with Gasteiger partial charge in [0.1, 0.15) is 5.82 Å². The van der Waals surface area contributed by atoms with E-state index in [2.05, 4.69) is 4.98 Å². The highest BCUT2D eigenvalue weighted by atomic mass is 16.3. The fourth-order valence-electron chi connectivity index (χ4n) is 3.88. The van der Waals surface area contributed by atoms with E-state index in [9.17, 15) is 15.0 Å². The number of carbonyl (C=O) groups excluding carboxylic acids is 1. The second-order valence-electron chi connectivity index (χ2n) is 7.01. The highest BCUT2D eigenvalue weighted by molar-refractivity contribution is 6.26. The third-order valence-electron chi connectivity index (χ3n) is 5.27. The zero-order chi connectivity index (χ0) is 18.1. The minimum atomic E-state index is -0.223. The van der Waals surface area contributed by atoms with Gasteiger partial charge in [-0.3, -0.25) is 9.69 Å². The number of nitrogens with zero attached hydrogens (tertiary/aromatic N) is 2. The molecule has 1 fully saturated rings. The van der Waals surface area contributed by atoms with Crippen LogP contribution in [0.25, 0.3) is 5.57 Å². The molecule has 1 amide bonds. The van der Waals surface area contributed by atoms with E-state index < -0.39 is 0 Å². The smallest absolute Gasteiger partial charge is 0.259 e. The van der Waals surface area contributed by atoms with Crippen LogP contribution < -0.4 is 4.90 Å². The van der Waals surface area contributed by atoms with E-state index in [1.54, 1.807) is 12.3 Å². The Morgan fingerprint density at radius 2 is 1.81 bits per heavy atom. The molecule has 1 aliphatic carbocycles. The van der Waals surface area contributed by atoms with Gasteiger partial charge in [0, 0.05) is 17.8 Å². The summed E-state index contributed by atoms with van der Waals surface area (Å²) in [6, 6.07) is 8.63. The van der Waals surface area contributed by atoms with Gasteiger partial charge in [-0.1, -0.05) is 31.4 Å². The Kier molecular flexibility index (Phi) is 4.37. The molecule has 2 bridgehead atoms. The van der Waals surface area contributed by atoms with E-state index in [0.29, 0.717) is 23.4 Å². The number of hydrogen-bond donors (Lipinski definition) is 2. The standard InChI is InChI=1S/C21H22N2O3/c24-18-9-7-15(13-19(18)25)17-8-6-14-10-11-22-20(12-14)23(21(17)26)16-4-2-1-3-5-16/h7-13,16,24-25H,1-6H2/b17-8-. The maximum atomic E-state index is 13.5. The van der Waals surface area contributed by atoms with Crippen LogP contribution in [0, 0.1) is 0 Å². The number of phenols is 2. The van der Waals surface area contributed by atoms with Gasteiger partial charge in [0.25, 0.3) is 5.91 Å². The summed E-state index contributed by atoms with van der Waals surface area (Å²) < 4.78 is 0. The predicted octanol–water partition coefficient (Wildman–Crippen LogP) is 3.80. The van der Waals surface area contributed by atoms with E-state index in [-0.39, 0.29) is 23.4 Å². The molecule has 0 spiro atoms. The van der Waals surface area contributed by atoms with Crippen LogP contribution >= 0.6 is 0 Å². The first-order chi connectivity index (χ1) is 12.6. The Morgan fingerprint density at radius 1 is 1.00 bits per heavy atom. The van der Waals surface area contributed by atoms with Crippen molar-refractivity contribution in [3.05, 3.63) is 53.7 Å². The molecule has 2 heterocycles. The van der Waals surface area contributed by atoms with Crippen molar-refractivity contribution < 1.29 is 15.0 Å². The lowest BCUT2D eigenvalue weighted by atomic mass is 9.92. The van der Waals surface area contributed by atoms with Gasteiger partial charge < -0.3 is 10.2 Å². The molecule has 2 N–H and O–H groups in total. The lowest BCUT2D eigenvalue weighted by Gasteiger charge is -2.35. The van der Waals surface area contributed by atoms with Gasteiger partial charge >= 0.3 is 0 Å². The minimum absolute atomic E-state index is 0.0914. The topological polar surface area (TPSA) is 73.7 Å². The number of rotatable bonds is 2. The number of fused-ring (bicyclic) bond motifs is 2. The summed E-state index contributed by atoms with van der Waals surface area (Å²) in [6.45, 7) is 0. The third kappa shape index (κ3) is 3.05. The normalized spacial score (nSPS) is 20.2. The van der Waals surface area contributed by atoms with E-state index in [1.165, 1.54) is 18.6 Å². The molecule has 134 valence electrons. The number of allylic oxidation sites excluding steroid dienone is 1. The van der Waals surface area contributed by atoms with Gasteiger partial charge in [-0.2, -0.15) is 0 Å². The molecule has 5 heteroatoms. The van der Waals surface area contributed by atoms with Crippen molar-refractivity contribution in [1.29, 1.82) is 0 Å². The molecule has 5 nitrogen and oxygen atoms in total. The Balaban J connectivity index is 1.79. The Labute approximate surface area is 152 Å². The number of amides is 1. The van der Waals surface area contributed by atoms with Gasteiger partial charge in [-0.25, -0.2) is 4.98 Å². The highest BCUT2D eigenvalue weighted by Crippen LogP contribution is 2.34. The molecule has 0 saturated heterocycles. The quantitative estimate of drug-likeness (QED) is 0.808. The average molecular weight is 350 g/mol. The zero-order valence-electron chi connectivity index (χ0n) is 14.6. The second kappa shape index (κ2) is 6.83. The number of carbonyl (C=O) groups is 1. The maximum Gasteiger partial charge on any atom is 0.259 e. The highest BCUT2D eigenvalue weighted by Gasteiger charge is 2.31. The molecular weight excluding hydrogens is 328 g/mol. The number of hydrogen-bond acceptors (Lipinski definition) is 4. The van der Waals surface area contributed by atoms with E-state index >= 15 is 0 Å². The van der Waals surface area contributed by atoms with Crippen molar-refractivity contribution in [2.75, 3.05) is 4.90 Å². The van der Waals surface area contributed by atoms with Crippen molar-refractivity contribution in [2.45, 2.75) is 44.6 Å². The summed E-state index contributed by atoms with van der Waals surface area (Å²) in [5, 5.41) is 19.5.